The minimum Gasteiger partial charge on any atom is -0.322 e. The number of benzene rings is 1. The Morgan fingerprint density at radius 1 is 1.17 bits per heavy atom. The SMILES string of the molecule is O=C1CCC(N2Cc3cc(CNC[C@]45CC[C@H]4CCCN5)ccc3C2=O)C(=O)N1. The van der Waals surface area contributed by atoms with Gasteiger partial charge < -0.3 is 15.5 Å². The van der Waals surface area contributed by atoms with Crippen molar-refractivity contribution in [1.29, 1.82) is 0 Å². The van der Waals surface area contributed by atoms with Crippen LogP contribution in [-0.2, 0) is 22.7 Å². The lowest BCUT2D eigenvalue weighted by Gasteiger charge is -2.53. The number of amides is 3. The molecule has 0 bridgehead atoms. The van der Waals surface area contributed by atoms with Gasteiger partial charge in [-0.15, -0.1) is 0 Å². The first kappa shape index (κ1) is 18.8. The Morgan fingerprint density at radius 3 is 2.83 bits per heavy atom. The number of nitrogens with zero attached hydrogens (tertiary/aromatic N) is 1. The third kappa shape index (κ3) is 3.26. The fraction of sp³-hybridized carbons (Fsp3) is 0.591. The first-order chi connectivity index (χ1) is 14.1. The summed E-state index contributed by atoms with van der Waals surface area (Å²) in [7, 11) is 0. The largest absolute Gasteiger partial charge is 0.322 e. The topological polar surface area (TPSA) is 90.5 Å². The van der Waals surface area contributed by atoms with E-state index in [1.807, 2.05) is 12.1 Å². The van der Waals surface area contributed by atoms with Gasteiger partial charge >= 0.3 is 0 Å². The van der Waals surface area contributed by atoms with Gasteiger partial charge in [-0.2, -0.15) is 0 Å². The van der Waals surface area contributed by atoms with E-state index in [9.17, 15) is 14.4 Å². The summed E-state index contributed by atoms with van der Waals surface area (Å²) in [5.41, 5.74) is 3.08. The van der Waals surface area contributed by atoms with Crippen molar-refractivity contribution in [2.75, 3.05) is 13.1 Å². The van der Waals surface area contributed by atoms with Crippen molar-refractivity contribution < 1.29 is 14.4 Å². The normalized spacial score (nSPS) is 31.2. The summed E-state index contributed by atoms with van der Waals surface area (Å²) in [5, 5.41) is 9.71. The van der Waals surface area contributed by atoms with Crippen LogP contribution in [0.1, 0.15) is 60.0 Å². The van der Waals surface area contributed by atoms with E-state index in [4.69, 9.17) is 0 Å². The zero-order valence-electron chi connectivity index (χ0n) is 16.6. The Balaban J connectivity index is 1.22. The molecule has 3 heterocycles. The molecule has 4 aliphatic rings. The Bertz CT molecular complexity index is 870. The molecule has 7 nitrogen and oxygen atoms in total. The Hall–Kier alpha value is -2.25. The number of piperidine rings is 2. The maximum atomic E-state index is 12.8. The minimum atomic E-state index is -0.554. The summed E-state index contributed by atoms with van der Waals surface area (Å²) in [6, 6.07) is 5.41. The standard InChI is InChI=1S/C22H28N4O3/c27-19-6-5-18(20(28)25-19)26-12-15-10-14(3-4-17(15)21(26)29)11-23-13-22-8-7-16(22)2-1-9-24-22/h3-4,10,16,18,23-24H,1-2,5-9,11-13H2,(H,25,27,28)/t16-,18?,22-/m1/s1. The lowest BCUT2D eigenvalue weighted by molar-refractivity contribution is -0.136. The molecule has 1 aliphatic carbocycles. The molecule has 3 amide bonds. The van der Waals surface area contributed by atoms with E-state index in [0.29, 0.717) is 18.5 Å². The molecule has 154 valence electrons. The maximum Gasteiger partial charge on any atom is 0.255 e. The van der Waals surface area contributed by atoms with Gasteiger partial charge in [0, 0.05) is 37.2 Å². The van der Waals surface area contributed by atoms with Crippen LogP contribution in [0.25, 0.3) is 0 Å². The van der Waals surface area contributed by atoms with Crippen LogP contribution >= 0.6 is 0 Å². The number of imide groups is 1. The zero-order chi connectivity index (χ0) is 20.0. The number of carbonyl (C=O) groups is 3. The number of hydrogen-bond acceptors (Lipinski definition) is 5. The summed E-state index contributed by atoms with van der Waals surface area (Å²) in [6.45, 7) is 3.31. The molecule has 5 rings (SSSR count). The van der Waals surface area contributed by atoms with Crippen LogP contribution in [0.5, 0.6) is 0 Å². The van der Waals surface area contributed by atoms with E-state index < -0.39 is 6.04 Å². The third-order valence-electron chi connectivity index (χ3n) is 7.28. The molecule has 3 fully saturated rings. The molecule has 2 saturated heterocycles. The molecule has 29 heavy (non-hydrogen) atoms. The quantitative estimate of drug-likeness (QED) is 0.648. The molecular weight excluding hydrogens is 368 g/mol. The molecular formula is C22H28N4O3. The second-order valence-electron chi connectivity index (χ2n) is 8.96. The molecule has 1 unspecified atom stereocenters. The highest BCUT2D eigenvalue weighted by Crippen LogP contribution is 2.43. The number of fused-ring (bicyclic) bond motifs is 2. The van der Waals surface area contributed by atoms with Gasteiger partial charge in [-0.1, -0.05) is 12.1 Å². The van der Waals surface area contributed by atoms with Gasteiger partial charge in [-0.25, -0.2) is 0 Å². The molecule has 1 saturated carbocycles. The van der Waals surface area contributed by atoms with Crippen molar-refractivity contribution in [2.45, 2.75) is 63.2 Å². The van der Waals surface area contributed by atoms with E-state index in [1.54, 1.807) is 4.90 Å². The average Bonchev–Trinajstić information content (AvgIpc) is 3.00. The van der Waals surface area contributed by atoms with Crippen LogP contribution in [0.15, 0.2) is 18.2 Å². The van der Waals surface area contributed by atoms with Crippen molar-refractivity contribution >= 4 is 17.7 Å². The fourth-order valence-corrected chi connectivity index (χ4v) is 5.50. The summed E-state index contributed by atoms with van der Waals surface area (Å²) < 4.78 is 0. The Labute approximate surface area is 170 Å². The van der Waals surface area contributed by atoms with Crippen LogP contribution in [0, 0.1) is 5.92 Å². The van der Waals surface area contributed by atoms with Crippen LogP contribution in [-0.4, -0.2) is 47.3 Å². The lowest BCUT2D eigenvalue weighted by Crippen LogP contribution is -2.65. The van der Waals surface area contributed by atoms with Crippen LogP contribution in [0.3, 0.4) is 0 Å². The predicted molar refractivity (Wildman–Crippen MR) is 107 cm³/mol. The first-order valence-electron chi connectivity index (χ1n) is 10.8. The van der Waals surface area contributed by atoms with E-state index in [2.05, 4.69) is 22.0 Å². The van der Waals surface area contributed by atoms with Gasteiger partial charge in [0.15, 0.2) is 0 Å². The maximum absolute atomic E-state index is 12.8. The molecule has 7 heteroatoms. The van der Waals surface area contributed by atoms with Crippen molar-refractivity contribution in [3.8, 4) is 0 Å². The van der Waals surface area contributed by atoms with Crippen molar-refractivity contribution in [3.63, 3.8) is 0 Å². The summed E-state index contributed by atoms with van der Waals surface area (Å²) >= 11 is 0. The van der Waals surface area contributed by atoms with Gasteiger partial charge in [-0.05, 0) is 61.8 Å². The summed E-state index contributed by atoms with van der Waals surface area (Å²) in [6.07, 6.45) is 5.90. The third-order valence-corrected chi connectivity index (χ3v) is 7.28. The Morgan fingerprint density at radius 2 is 2.07 bits per heavy atom. The number of carbonyl (C=O) groups excluding carboxylic acids is 3. The summed E-state index contributed by atoms with van der Waals surface area (Å²) in [4.78, 5) is 37.9. The van der Waals surface area contributed by atoms with Crippen LogP contribution < -0.4 is 16.0 Å². The van der Waals surface area contributed by atoms with E-state index >= 15 is 0 Å². The van der Waals surface area contributed by atoms with Crippen LogP contribution in [0.2, 0.25) is 0 Å². The van der Waals surface area contributed by atoms with E-state index in [0.717, 1.165) is 36.7 Å². The number of rotatable bonds is 5. The molecule has 3 atom stereocenters. The highest BCUT2D eigenvalue weighted by Gasteiger charge is 2.47. The molecule has 3 N–H and O–H groups in total. The van der Waals surface area contributed by atoms with Crippen LogP contribution in [0.4, 0.5) is 0 Å². The van der Waals surface area contributed by atoms with Gasteiger partial charge in [0.25, 0.3) is 5.91 Å². The monoisotopic (exact) mass is 396 g/mol. The second-order valence-corrected chi connectivity index (χ2v) is 8.96. The minimum absolute atomic E-state index is 0.114. The highest BCUT2D eigenvalue weighted by atomic mass is 16.2. The molecule has 0 spiro atoms. The van der Waals surface area contributed by atoms with E-state index in [1.165, 1.54) is 25.7 Å². The van der Waals surface area contributed by atoms with Crippen molar-refractivity contribution in [3.05, 3.63) is 34.9 Å². The average molecular weight is 396 g/mol. The lowest BCUT2D eigenvalue weighted by atomic mass is 9.63. The van der Waals surface area contributed by atoms with Gasteiger partial charge in [-0.3, -0.25) is 19.7 Å². The zero-order valence-corrected chi connectivity index (χ0v) is 16.6. The van der Waals surface area contributed by atoms with Gasteiger partial charge in [0.05, 0.1) is 0 Å². The van der Waals surface area contributed by atoms with Crippen molar-refractivity contribution in [1.82, 2.24) is 20.9 Å². The van der Waals surface area contributed by atoms with Crippen molar-refractivity contribution in [2.24, 2.45) is 5.92 Å². The Kier molecular flexibility index (Phi) is 4.67. The molecule has 0 radical (unpaired) electrons. The predicted octanol–water partition coefficient (Wildman–Crippen LogP) is 1.07. The smallest absolute Gasteiger partial charge is 0.255 e. The highest BCUT2D eigenvalue weighted by molar-refractivity contribution is 6.05. The first-order valence-corrected chi connectivity index (χ1v) is 10.8. The molecule has 1 aromatic carbocycles. The molecule has 0 aromatic heterocycles. The second kappa shape index (κ2) is 7.22. The van der Waals surface area contributed by atoms with E-state index in [-0.39, 0.29) is 29.7 Å². The molecule has 1 aromatic rings. The molecule has 3 aliphatic heterocycles. The van der Waals surface area contributed by atoms with Gasteiger partial charge in [0.2, 0.25) is 11.8 Å². The number of hydrogen-bond donors (Lipinski definition) is 3. The number of nitrogens with one attached hydrogen (secondary N) is 3. The van der Waals surface area contributed by atoms with Gasteiger partial charge in [0.1, 0.15) is 6.04 Å². The fourth-order valence-electron chi connectivity index (χ4n) is 5.50. The summed E-state index contributed by atoms with van der Waals surface area (Å²) in [5.74, 6) is 0.0723.